The first kappa shape index (κ1) is 17.3. The number of methoxy groups -OCH3 is 1. The predicted octanol–water partition coefficient (Wildman–Crippen LogP) is 2.58. The van der Waals surface area contributed by atoms with Crippen LogP contribution in [0.3, 0.4) is 0 Å². The molecule has 0 spiro atoms. The van der Waals surface area contributed by atoms with Crippen molar-refractivity contribution in [2.24, 2.45) is 0 Å². The summed E-state index contributed by atoms with van der Waals surface area (Å²) in [5.41, 5.74) is 1.78. The molecule has 0 aromatic heterocycles. The van der Waals surface area contributed by atoms with E-state index in [1.165, 1.54) is 5.56 Å². The molecule has 2 aromatic rings. The van der Waals surface area contributed by atoms with Gasteiger partial charge in [0.15, 0.2) is 6.10 Å². The lowest BCUT2D eigenvalue weighted by molar-refractivity contribution is -0.149. The minimum absolute atomic E-state index is 0.0286. The summed E-state index contributed by atoms with van der Waals surface area (Å²) in [5, 5.41) is 10.3. The normalized spacial score (nSPS) is 15.4. The molecule has 0 saturated carbocycles. The molecule has 1 aliphatic rings. The van der Waals surface area contributed by atoms with Gasteiger partial charge in [-0.25, -0.2) is 0 Å². The third-order valence-electron chi connectivity index (χ3n) is 4.43. The number of likely N-dealkylation sites (tertiary alicyclic amines) is 1. The van der Waals surface area contributed by atoms with E-state index in [1.807, 2.05) is 18.2 Å². The van der Waals surface area contributed by atoms with E-state index in [9.17, 15) is 9.90 Å². The second kappa shape index (κ2) is 7.57. The van der Waals surface area contributed by atoms with Crippen molar-refractivity contribution < 1.29 is 19.4 Å². The number of aliphatic hydroxyl groups is 1. The van der Waals surface area contributed by atoms with Crippen LogP contribution < -0.4 is 9.47 Å². The van der Waals surface area contributed by atoms with E-state index in [4.69, 9.17) is 9.47 Å². The van der Waals surface area contributed by atoms with Crippen LogP contribution in [0.15, 0.2) is 48.5 Å². The Bertz CT molecular complexity index is 723. The first-order chi connectivity index (χ1) is 12.1. The Balaban J connectivity index is 1.53. The molecule has 2 aromatic carbocycles. The number of benzene rings is 2. The van der Waals surface area contributed by atoms with Crippen molar-refractivity contribution in [1.82, 2.24) is 4.90 Å². The Morgan fingerprint density at radius 1 is 1.20 bits per heavy atom. The lowest BCUT2D eigenvalue weighted by atomic mass is 10.0. The molecule has 1 N–H and O–H groups in total. The van der Waals surface area contributed by atoms with E-state index in [1.54, 1.807) is 36.3 Å². The molecule has 0 bridgehead atoms. The van der Waals surface area contributed by atoms with Gasteiger partial charge >= 0.3 is 0 Å². The van der Waals surface area contributed by atoms with Crippen molar-refractivity contribution in [3.63, 3.8) is 0 Å². The van der Waals surface area contributed by atoms with Crippen molar-refractivity contribution in [1.29, 1.82) is 0 Å². The highest BCUT2D eigenvalue weighted by Gasteiger charge is 2.35. The number of ether oxygens (including phenoxy) is 2. The average molecular weight is 341 g/mol. The van der Waals surface area contributed by atoms with Crippen molar-refractivity contribution in [3.8, 4) is 11.5 Å². The van der Waals surface area contributed by atoms with Crippen LogP contribution in [-0.2, 0) is 11.2 Å². The third kappa shape index (κ3) is 3.94. The molecular formula is C20H23NO4. The van der Waals surface area contributed by atoms with Gasteiger partial charge in [-0.2, -0.15) is 0 Å². The number of nitrogens with zero attached hydrogens (tertiary/aromatic N) is 1. The van der Waals surface area contributed by atoms with Gasteiger partial charge in [-0.1, -0.05) is 31.2 Å². The molecule has 5 nitrogen and oxygen atoms in total. The first-order valence-corrected chi connectivity index (χ1v) is 8.47. The standard InChI is InChI=1S/C20H23NO4/c1-3-14-5-4-6-17(11-14)25-18-12-21(13-18)20(23)19(22)15-7-9-16(24-2)10-8-15/h4-11,18-19,22H,3,12-13H2,1-2H3/t19-/m0/s1. The lowest BCUT2D eigenvalue weighted by Crippen LogP contribution is -2.57. The molecule has 1 saturated heterocycles. The van der Waals surface area contributed by atoms with Crippen LogP contribution in [0.4, 0.5) is 0 Å². The molecular weight excluding hydrogens is 318 g/mol. The zero-order chi connectivity index (χ0) is 17.8. The second-order valence-electron chi connectivity index (χ2n) is 6.16. The Labute approximate surface area is 147 Å². The maximum atomic E-state index is 12.4. The van der Waals surface area contributed by atoms with Gasteiger partial charge < -0.3 is 19.5 Å². The van der Waals surface area contributed by atoms with Gasteiger partial charge in [0.1, 0.15) is 17.6 Å². The maximum Gasteiger partial charge on any atom is 0.256 e. The molecule has 0 aliphatic carbocycles. The molecule has 1 aliphatic heterocycles. The van der Waals surface area contributed by atoms with E-state index in [2.05, 4.69) is 13.0 Å². The number of carbonyl (C=O) groups is 1. The van der Waals surface area contributed by atoms with Crippen LogP contribution in [0.2, 0.25) is 0 Å². The van der Waals surface area contributed by atoms with Crippen molar-refractivity contribution in [2.75, 3.05) is 20.2 Å². The zero-order valence-corrected chi connectivity index (χ0v) is 14.5. The molecule has 1 heterocycles. The van der Waals surface area contributed by atoms with Gasteiger partial charge in [-0.05, 0) is 41.8 Å². The number of rotatable bonds is 6. The minimum atomic E-state index is -1.16. The number of hydrogen-bond acceptors (Lipinski definition) is 4. The number of aliphatic hydroxyl groups excluding tert-OH is 1. The molecule has 0 radical (unpaired) electrons. The fraction of sp³-hybridized carbons (Fsp3) is 0.350. The monoisotopic (exact) mass is 341 g/mol. The number of amides is 1. The van der Waals surface area contributed by atoms with Crippen LogP contribution in [0.25, 0.3) is 0 Å². The molecule has 1 fully saturated rings. The predicted molar refractivity (Wildman–Crippen MR) is 94.8 cm³/mol. The Morgan fingerprint density at radius 2 is 1.92 bits per heavy atom. The van der Waals surface area contributed by atoms with E-state index < -0.39 is 6.10 Å². The molecule has 0 unspecified atom stereocenters. The summed E-state index contributed by atoms with van der Waals surface area (Å²) in [5.74, 6) is 1.22. The Kier molecular flexibility index (Phi) is 5.24. The quantitative estimate of drug-likeness (QED) is 0.877. The Hall–Kier alpha value is -2.53. The summed E-state index contributed by atoms with van der Waals surface area (Å²) in [6.45, 7) is 3.08. The highest BCUT2D eigenvalue weighted by Crippen LogP contribution is 2.24. The smallest absolute Gasteiger partial charge is 0.256 e. The van der Waals surface area contributed by atoms with E-state index in [-0.39, 0.29) is 12.0 Å². The molecule has 1 atom stereocenters. The highest BCUT2D eigenvalue weighted by molar-refractivity contribution is 5.83. The van der Waals surface area contributed by atoms with E-state index in [0.717, 1.165) is 12.2 Å². The largest absolute Gasteiger partial charge is 0.497 e. The fourth-order valence-electron chi connectivity index (χ4n) is 2.83. The van der Waals surface area contributed by atoms with Gasteiger partial charge in [0, 0.05) is 0 Å². The summed E-state index contributed by atoms with van der Waals surface area (Å²) in [7, 11) is 1.58. The van der Waals surface area contributed by atoms with Gasteiger partial charge in [0.25, 0.3) is 5.91 Å². The van der Waals surface area contributed by atoms with Gasteiger partial charge in [-0.15, -0.1) is 0 Å². The molecule has 5 heteroatoms. The molecule has 25 heavy (non-hydrogen) atoms. The van der Waals surface area contributed by atoms with Crippen LogP contribution in [0.5, 0.6) is 11.5 Å². The summed E-state index contributed by atoms with van der Waals surface area (Å²) in [4.78, 5) is 14.0. The maximum absolute atomic E-state index is 12.4. The van der Waals surface area contributed by atoms with Crippen molar-refractivity contribution in [2.45, 2.75) is 25.6 Å². The summed E-state index contributed by atoms with van der Waals surface area (Å²) >= 11 is 0. The van der Waals surface area contributed by atoms with Crippen LogP contribution in [-0.4, -0.2) is 42.2 Å². The number of carbonyl (C=O) groups excluding carboxylic acids is 1. The third-order valence-corrected chi connectivity index (χ3v) is 4.43. The highest BCUT2D eigenvalue weighted by atomic mass is 16.5. The zero-order valence-electron chi connectivity index (χ0n) is 14.5. The van der Waals surface area contributed by atoms with Crippen LogP contribution in [0.1, 0.15) is 24.2 Å². The van der Waals surface area contributed by atoms with Crippen molar-refractivity contribution in [3.05, 3.63) is 59.7 Å². The van der Waals surface area contributed by atoms with Crippen LogP contribution in [0, 0.1) is 0 Å². The average Bonchev–Trinajstić information content (AvgIpc) is 2.63. The van der Waals surface area contributed by atoms with Crippen molar-refractivity contribution >= 4 is 5.91 Å². The van der Waals surface area contributed by atoms with E-state index >= 15 is 0 Å². The van der Waals surface area contributed by atoms with E-state index in [0.29, 0.717) is 24.4 Å². The summed E-state index contributed by atoms with van der Waals surface area (Å²) in [6.07, 6.45) is -0.227. The van der Waals surface area contributed by atoms with Crippen LogP contribution >= 0.6 is 0 Å². The molecule has 1 amide bonds. The Morgan fingerprint density at radius 3 is 2.56 bits per heavy atom. The van der Waals surface area contributed by atoms with Gasteiger partial charge in [0.2, 0.25) is 0 Å². The molecule has 132 valence electrons. The summed E-state index contributed by atoms with van der Waals surface area (Å²) in [6, 6.07) is 14.9. The lowest BCUT2D eigenvalue weighted by Gasteiger charge is -2.40. The fourth-order valence-corrected chi connectivity index (χ4v) is 2.83. The second-order valence-corrected chi connectivity index (χ2v) is 6.16. The van der Waals surface area contributed by atoms with Gasteiger partial charge in [-0.3, -0.25) is 4.79 Å². The first-order valence-electron chi connectivity index (χ1n) is 8.47. The molecule has 3 rings (SSSR count). The minimum Gasteiger partial charge on any atom is -0.497 e. The topological polar surface area (TPSA) is 59.0 Å². The SMILES string of the molecule is CCc1cccc(OC2CN(C(=O)[C@@H](O)c3ccc(OC)cc3)C2)c1. The number of aryl methyl sites for hydroxylation is 1. The summed E-state index contributed by atoms with van der Waals surface area (Å²) < 4.78 is 11.0. The number of hydrogen-bond donors (Lipinski definition) is 1. The van der Waals surface area contributed by atoms with Gasteiger partial charge in [0.05, 0.1) is 20.2 Å².